The first-order valence-electron chi connectivity index (χ1n) is 6.82. The van der Waals surface area contributed by atoms with E-state index in [1.807, 2.05) is 18.2 Å². The molecule has 1 unspecified atom stereocenters. The summed E-state index contributed by atoms with van der Waals surface area (Å²) in [6, 6.07) is 14.3. The number of aryl methyl sites for hydroxylation is 1. The fourth-order valence-corrected chi connectivity index (χ4v) is 2.46. The van der Waals surface area contributed by atoms with E-state index in [9.17, 15) is 5.11 Å². The zero-order chi connectivity index (χ0) is 13.9. The molecular weight excluding hydrogens is 252 g/mol. The van der Waals surface area contributed by atoms with E-state index in [1.165, 1.54) is 11.1 Å². The summed E-state index contributed by atoms with van der Waals surface area (Å²) >= 11 is 0. The predicted molar refractivity (Wildman–Crippen MR) is 77.3 cm³/mol. The smallest absolute Gasteiger partial charge is 0.231 e. The normalized spacial score (nSPS) is 14.3. The molecule has 0 saturated carbocycles. The van der Waals surface area contributed by atoms with Gasteiger partial charge in [-0.3, -0.25) is 0 Å². The Morgan fingerprint density at radius 1 is 1.05 bits per heavy atom. The Morgan fingerprint density at radius 3 is 2.55 bits per heavy atom. The Morgan fingerprint density at radius 2 is 1.80 bits per heavy atom. The van der Waals surface area contributed by atoms with E-state index in [4.69, 9.17) is 9.47 Å². The summed E-state index contributed by atoms with van der Waals surface area (Å²) in [5, 5.41) is 9.67. The Kier molecular flexibility index (Phi) is 3.61. The molecule has 2 aromatic rings. The largest absolute Gasteiger partial charge is 0.454 e. The van der Waals surface area contributed by atoms with Gasteiger partial charge in [0.2, 0.25) is 6.79 Å². The van der Waals surface area contributed by atoms with Crippen molar-refractivity contribution < 1.29 is 14.6 Å². The van der Waals surface area contributed by atoms with Crippen LogP contribution in [0.15, 0.2) is 42.5 Å². The second kappa shape index (κ2) is 5.55. The molecule has 3 heteroatoms. The average Bonchev–Trinajstić information content (AvgIpc) is 2.94. The van der Waals surface area contributed by atoms with Crippen LogP contribution in [0.4, 0.5) is 0 Å². The highest BCUT2D eigenvalue weighted by Crippen LogP contribution is 2.35. The highest BCUT2D eigenvalue weighted by Gasteiger charge is 2.18. The molecule has 0 radical (unpaired) electrons. The summed E-state index contributed by atoms with van der Waals surface area (Å²) in [4.78, 5) is 0. The molecule has 1 atom stereocenters. The van der Waals surface area contributed by atoms with Gasteiger partial charge in [0.15, 0.2) is 11.5 Å². The number of aliphatic hydroxyl groups is 1. The monoisotopic (exact) mass is 270 g/mol. The zero-order valence-corrected chi connectivity index (χ0v) is 11.5. The van der Waals surface area contributed by atoms with Crippen LogP contribution in [0.3, 0.4) is 0 Å². The van der Waals surface area contributed by atoms with Crippen molar-refractivity contribution in [2.75, 3.05) is 13.4 Å². The first-order chi connectivity index (χ1) is 9.76. The molecule has 104 valence electrons. The van der Waals surface area contributed by atoms with Gasteiger partial charge in [-0.25, -0.2) is 0 Å². The Hall–Kier alpha value is -2.00. The highest BCUT2D eigenvalue weighted by atomic mass is 16.7. The Bertz CT molecular complexity index is 590. The molecule has 0 aromatic heterocycles. The number of hydrogen-bond acceptors (Lipinski definition) is 3. The number of aliphatic hydroxyl groups excluding tert-OH is 1. The number of ether oxygens (including phenoxy) is 2. The van der Waals surface area contributed by atoms with Crippen molar-refractivity contribution in [3.8, 4) is 11.5 Å². The van der Waals surface area contributed by atoms with E-state index in [2.05, 4.69) is 31.2 Å². The Balaban J connectivity index is 1.81. The van der Waals surface area contributed by atoms with Crippen molar-refractivity contribution in [1.29, 1.82) is 0 Å². The maximum atomic E-state index is 9.67. The Labute approximate surface area is 118 Å². The zero-order valence-electron chi connectivity index (χ0n) is 11.5. The topological polar surface area (TPSA) is 38.7 Å². The van der Waals surface area contributed by atoms with Gasteiger partial charge in [-0.2, -0.15) is 0 Å². The van der Waals surface area contributed by atoms with E-state index in [0.717, 1.165) is 23.5 Å². The molecule has 1 heterocycles. The van der Waals surface area contributed by atoms with Crippen LogP contribution in [0.5, 0.6) is 11.5 Å². The summed E-state index contributed by atoms with van der Waals surface area (Å²) in [5.41, 5.74) is 3.56. The molecule has 1 aliphatic rings. The molecule has 0 spiro atoms. The molecule has 3 rings (SSSR count). The van der Waals surface area contributed by atoms with Gasteiger partial charge in [0.1, 0.15) is 0 Å². The third-order valence-electron chi connectivity index (χ3n) is 3.69. The fraction of sp³-hybridized carbons (Fsp3) is 0.294. The third kappa shape index (κ3) is 2.63. The number of rotatable bonds is 4. The SMILES string of the molecule is Cc1ccc(CC(CO)c2ccc3c(c2)OCO3)cc1. The molecular formula is C17H18O3. The number of hydrogen-bond donors (Lipinski definition) is 1. The molecule has 1 aliphatic heterocycles. The van der Waals surface area contributed by atoms with Gasteiger partial charge in [0.25, 0.3) is 0 Å². The molecule has 0 amide bonds. The molecule has 20 heavy (non-hydrogen) atoms. The van der Waals surface area contributed by atoms with Crippen molar-refractivity contribution >= 4 is 0 Å². The summed E-state index contributed by atoms with van der Waals surface area (Å²) in [5.74, 6) is 1.62. The molecule has 0 saturated heterocycles. The van der Waals surface area contributed by atoms with Crippen molar-refractivity contribution in [1.82, 2.24) is 0 Å². The number of fused-ring (bicyclic) bond motifs is 1. The van der Waals surface area contributed by atoms with E-state index in [1.54, 1.807) is 0 Å². The molecule has 0 bridgehead atoms. The lowest BCUT2D eigenvalue weighted by Crippen LogP contribution is -2.07. The molecule has 1 N–H and O–H groups in total. The van der Waals surface area contributed by atoms with Crippen molar-refractivity contribution in [2.24, 2.45) is 0 Å². The molecule has 2 aromatic carbocycles. The maximum absolute atomic E-state index is 9.67. The molecule has 0 aliphatic carbocycles. The van der Waals surface area contributed by atoms with Crippen molar-refractivity contribution in [3.05, 3.63) is 59.2 Å². The van der Waals surface area contributed by atoms with Crippen LogP contribution in [-0.2, 0) is 6.42 Å². The van der Waals surface area contributed by atoms with Crippen LogP contribution in [0, 0.1) is 6.92 Å². The minimum absolute atomic E-state index is 0.0761. The van der Waals surface area contributed by atoms with Crippen LogP contribution in [0.1, 0.15) is 22.6 Å². The van der Waals surface area contributed by atoms with E-state index in [0.29, 0.717) is 0 Å². The van der Waals surface area contributed by atoms with E-state index in [-0.39, 0.29) is 19.3 Å². The van der Waals surface area contributed by atoms with Gasteiger partial charge in [-0.05, 0) is 36.6 Å². The van der Waals surface area contributed by atoms with Crippen LogP contribution in [0.2, 0.25) is 0 Å². The lowest BCUT2D eigenvalue weighted by molar-refractivity contribution is 0.174. The van der Waals surface area contributed by atoms with E-state index < -0.39 is 0 Å². The van der Waals surface area contributed by atoms with Gasteiger partial charge >= 0.3 is 0 Å². The van der Waals surface area contributed by atoms with Gasteiger partial charge in [-0.15, -0.1) is 0 Å². The van der Waals surface area contributed by atoms with Crippen LogP contribution in [-0.4, -0.2) is 18.5 Å². The summed E-state index contributed by atoms with van der Waals surface area (Å²) < 4.78 is 10.7. The summed E-state index contributed by atoms with van der Waals surface area (Å²) in [6.45, 7) is 2.47. The lowest BCUT2D eigenvalue weighted by atomic mass is 9.92. The fourth-order valence-electron chi connectivity index (χ4n) is 2.46. The minimum atomic E-state index is 0.0761. The molecule has 0 fully saturated rings. The lowest BCUT2D eigenvalue weighted by Gasteiger charge is -2.15. The second-order valence-corrected chi connectivity index (χ2v) is 5.18. The average molecular weight is 270 g/mol. The van der Waals surface area contributed by atoms with Crippen LogP contribution in [0.25, 0.3) is 0 Å². The summed E-state index contributed by atoms with van der Waals surface area (Å²) in [6.07, 6.45) is 0.816. The van der Waals surface area contributed by atoms with Gasteiger partial charge in [0.05, 0.1) is 6.61 Å². The first-order valence-corrected chi connectivity index (χ1v) is 6.82. The quantitative estimate of drug-likeness (QED) is 0.928. The van der Waals surface area contributed by atoms with Crippen LogP contribution >= 0.6 is 0 Å². The summed E-state index contributed by atoms with van der Waals surface area (Å²) in [7, 11) is 0. The molecule has 3 nitrogen and oxygen atoms in total. The van der Waals surface area contributed by atoms with Gasteiger partial charge in [0, 0.05) is 5.92 Å². The minimum Gasteiger partial charge on any atom is -0.454 e. The second-order valence-electron chi connectivity index (χ2n) is 5.18. The van der Waals surface area contributed by atoms with Crippen molar-refractivity contribution in [2.45, 2.75) is 19.3 Å². The third-order valence-corrected chi connectivity index (χ3v) is 3.69. The van der Waals surface area contributed by atoms with Gasteiger partial charge < -0.3 is 14.6 Å². The number of benzene rings is 2. The van der Waals surface area contributed by atoms with E-state index >= 15 is 0 Å². The highest BCUT2D eigenvalue weighted by molar-refractivity contribution is 5.45. The maximum Gasteiger partial charge on any atom is 0.231 e. The van der Waals surface area contributed by atoms with Crippen molar-refractivity contribution in [3.63, 3.8) is 0 Å². The predicted octanol–water partition coefficient (Wildman–Crippen LogP) is 3.04. The van der Waals surface area contributed by atoms with Crippen LogP contribution < -0.4 is 9.47 Å². The van der Waals surface area contributed by atoms with Gasteiger partial charge in [-0.1, -0.05) is 35.9 Å². The standard InChI is InChI=1S/C17H18O3/c1-12-2-4-13(5-3-12)8-15(10-18)14-6-7-16-17(9-14)20-11-19-16/h2-7,9,15,18H,8,10-11H2,1H3. The first kappa shape index (κ1) is 13.0.